The fourth-order valence-electron chi connectivity index (χ4n) is 2.11. The standard InChI is InChI=1S/C12H16N4S2/c1-3-16(8-4-5-8)12-9(10(13)15-18-12)11-14-7(2)6-17-11/h6,8H,3-5H2,1-2H3,(H2,13,15). The minimum atomic E-state index is 0.614. The van der Waals surface area contributed by atoms with E-state index in [1.54, 1.807) is 11.3 Å². The van der Waals surface area contributed by atoms with E-state index < -0.39 is 0 Å². The lowest BCUT2D eigenvalue weighted by Crippen LogP contribution is -2.24. The van der Waals surface area contributed by atoms with Crippen LogP contribution in [0.4, 0.5) is 10.8 Å². The Kier molecular flexibility index (Phi) is 2.99. The maximum atomic E-state index is 6.04. The van der Waals surface area contributed by atoms with Gasteiger partial charge in [-0.2, -0.15) is 4.37 Å². The Balaban J connectivity index is 2.05. The first kappa shape index (κ1) is 11.9. The fourth-order valence-corrected chi connectivity index (χ4v) is 3.98. The van der Waals surface area contributed by atoms with Gasteiger partial charge in [0.15, 0.2) is 0 Å². The summed E-state index contributed by atoms with van der Waals surface area (Å²) >= 11 is 3.14. The number of anilines is 2. The molecule has 6 heteroatoms. The highest BCUT2D eigenvalue weighted by Crippen LogP contribution is 2.44. The lowest BCUT2D eigenvalue weighted by molar-refractivity contribution is 0.836. The van der Waals surface area contributed by atoms with Gasteiger partial charge in [-0.05, 0) is 38.2 Å². The molecule has 3 rings (SSSR count). The zero-order chi connectivity index (χ0) is 12.7. The van der Waals surface area contributed by atoms with Crippen LogP contribution >= 0.6 is 22.9 Å². The summed E-state index contributed by atoms with van der Waals surface area (Å²) in [5, 5.41) is 4.24. The highest BCUT2D eigenvalue weighted by Gasteiger charge is 2.32. The van der Waals surface area contributed by atoms with Crippen molar-refractivity contribution >= 4 is 33.7 Å². The normalized spacial score (nSPS) is 15.0. The van der Waals surface area contributed by atoms with Crippen LogP contribution in [-0.2, 0) is 0 Å². The van der Waals surface area contributed by atoms with E-state index in [1.807, 2.05) is 6.92 Å². The molecule has 2 aromatic rings. The number of nitrogens with zero attached hydrogens (tertiary/aromatic N) is 3. The molecule has 2 aromatic heterocycles. The summed E-state index contributed by atoms with van der Waals surface area (Å²) in [7, 11) is 0. The van der Waals surface area contributed by atoms with Crippen LogP contribution in [0.3, 0.4) is 0 Å². The SMILES string of the molecule is CCN(c1snc(N)c1-c1nc(C)cs1)C1CC1. The van der Waals surface area contributed by atoms with Crippen molar-refractivity contribution in [3.8, 4) is 10.6 Å². The largest absolute Gasteiger partial charge is 0.382 e. The Morgan fingerprint density at radius 2 is 2.28 bits per heavy atom. The van der Waals surface area contributed by atoms with Crippen LogP contribution in [0.2, 0.25) is 0 Å². The van der Waals surface area contributed by atoms with Gasteiger partial charge in [-0.3, -0.25) is 0 Å². The molecule has 0 bridgehead atoms. The van der Waals surface area contributed by atoms with Crippen LogP contribution in [0.5, 0.6) is 0 Å². The summed E-state index contributed by atoms with van der Waals surface area (Å²) in [5.41, 5.74) is 8.11. The second-order valence-corrected chi connectivity index (χ2v) is 6.17. The molecule has 2 heterocycles. The first-order valence-corrected chi connectivity index (χ1v) is 7.80. The van der Waals surface area contributed by atoms with Crippen molar-refractivity contribution in [2.24, 2.45) is 0 Å². The molecule has 2 N–H and O–H groups in total. The summed E-state index contributed by atoms with van der Waals surface area (Å²) in [6, 6.07) is 0.676. The van der Waals surface area contributed by atoms with Crippen molar-refractivity contribution in [1.29, 1.82) is 0 Å². The Bertz CT molecular complexity index is 556. The number of hydrogen-bond acceptors (Lipinski definition) is 6. The average Bonchev–Trinajstić information content (AvgIpc) is 2.98. The smallest absolute Gasteiger partial charge is 0.149 e. The first-order valence-electron chi connectivity index (χ1n) is 6.15. The predicted octanol–water partition coefficient (Wildman–Crippen LogP) is 3.15. The summed E-state index contributed by atoms with van der Waals surface area (Å²) in [6.07, 6.45) is 2.56. The zero-order valence-electron chi connectivity index (χ0n) is 10.5. The summed E-state index contributed by atoms with van der Waals surface area (Å²) in [5.74, 6) is 0.614. The number of aromatic nitrogens is 2. The van der Waals surface area contributed by atoms with E-state index in [0.29, 0.717) is 11.9 Å². The highest BCUT2D eigenvalue weighted by molar-refractivity contribution is 7.15. The molecule has 0 radical (unpaired) electrons. The zero-order valence-corrected chi connectivity index (χ0v) is 12.1. The number of nitrogens with two attached hydrogens (primary N) is 1. The number of rotatable bonds is 4. The Morgan fingerprint density at radius 1 is 1.50 bits per heavy atom. The van der Waals surface area contributed by atoms with E-state index in [-0.39, 0.29) is 0 Å². The molecule has 0 spiro atoms. The van der Waals surface area contributed by atoms with Gasteiger partial charge in [-0.15, -0.1) is 11.3 Å². The lowest BCUT2D eigenvalue weighted by Gasteiger charge is -2.21. The van der Waals surface area contributed by atoms with Crippen molar-refractivity contribution in [2.45, 2.75) is 32.7 Å². The molecule has 4 nitrogen and oxygen atoms in total. The van der Waals surface area contributed by atoms with E-state index in [2.05, 4.69) is 26.6 Å². The van der Waals surface area contributed by atoms with Crippen LogP contribution in [0.25, 0.3) is 10.6 Å². The molecular weight excluding hydrogens is 264 g/mol. The molecule has 1 aliphatic rings. The van der Waals surface area contributed by atoms with Gasteiger partial charge in [0.1, 0.15) is 15.8 Å². The third-order valence-electron chi connectivity index (χ3n) is 3.12. The molecule has 1 saturated carbocycles. The molecule has 18 heavy (non-hydrogen) atoms. The van der Waals surface area contributed by atoms with Gasteiger partial charge in [0.05, 0.1) is 5.56 Å². The van der Waals surface area contributed by atoms with E-state index in [1.165, 1.54) is 29.4 Å². The van der Waals surface area contributed by atoms with Crippen molar-refractivity contribution in [3.63, 3.8) is 0 Å². The van der Waals surface area contributed by atoms with E-state index >= 15 is 0 Å². The van der Waals surface area contributed by atoms with Crippen LogP contribution in [0.15, 0.2) is 5.38 Å². The maximum absolute atomic E-state index is 6.04. The lowest BCUT2D eigenvalue weighted by atomic mass is 10.3. The molecule has 0 unspecified atom stereocenters. The molecule has 1 aliphatic carbocycles. The molecule has 0 aromatic carbocycles. The fraction of sp³-hybridized carbons (Fsp3) is 0.500. The van der Waals surface area contributed by atoms with Gasteiger partial charge in [0.25, 0.3) is 0 Å². The number of thiazole rings is 1. The minimum absolute atomic E-state index is 0.614. The third kappa shape index (κ3) is 1.99. The quantitative estimate of drug-likeness (QED) is 0.934. The Labute approximate surface area is 115 Å². The molecule has 96 valence electrons. The van der Waals surface area contributed by atoms with Gasteiger partial charge in [0, 0.05) is 23.7 Å². The Morgan fingerprint density at radius 3 is 2.83 bits per heavy atom. The third-order valence-corrected chi connectivity index (χ3v) is 5.00. The van der Waals surface area contributed by atoms with Crippen LogP contribution in [-0.4, -0.2) is 21.9 Å². The van der Waals surface area contributed by atoms with Gasteiger partial charge < -0.3 is 10.6 Å². The minimum Gasteiger partial charge on any atom is -0.382 e. The van der Waals surface area contributed by atoms with E-state index in [0.717, 1.165) is 22.8 Å². The van der Waals surface area contributed by atoms with Crippen molar-refractivity contribution in [1.82, 2.24) is 9.36 Å². The van der Waals surface area contributed by atoms with Crippen molar-refractivity contribution < 1.29 is 0 Å². The van der Waals surface area contributed by atoms with E-state index in [9.17, 15) is 0 Å². The summed E-state index contributed by atoms with van der Waals surface area (Å²) in [6.45, 7) is 5.20. The van der Waals surface area contributed by atoms with Gasteiger partial charge in [-0.1, -0.05) is 0 Å². The summed E-state index contributed by atoms with van der Waals surface area (Å²) in [4.78, 5) is 6.97. The molecule has 0 amide bonds. The number of aryl methyl sites for hydroxylation is 1. The second-order valence-electron chi connectivity index (χ2n) is 4.56. The average molecular weight is 280 g/mol. The molecule has 0 aliphatic heterocycles. The van der Waals surface area contributed by atoms with Gasteiger partial charge in [-0.25, -0.2) is 4.98 Å². The molecule has 0 saturated heterocycles. The predicted molar refractivity (Wildman–Crippen MR) is 78.4 cm³/mol. The van der Waals surface area contributed by atoms with Crippen LogP contribution in [0.1, 0.15) is 25.5 Å². The number of hydrogen-bond donors (Lipinski definition) is 1. The molecular formula is C12H16N4S2. The maximum Gasteiger partial charge on any atom is 0.149 e. The summed E-state index contributed by atoms with van der Waals surface area (Å²) < 4.78 is 4.33. The van der Waals surface area contributed by atoms with Gasteiger partial charge in [0.2, 0.25) is 0 Å². The van der Waals surface area contributed by atoms with Crippen LogP contribution < -0.4 is 10.6 Å². The topological polar surface area (TPSA) is 55.0 Å². The van der Waals surface area contributed by atoms with Crippen molar-refractivity contribution in [2.75, 3.05) is 17.2 Å². The Hall–Kier alpha value is -1.14. The monoisotopic (exact) mass is 280 g/mol. The van der Waals surface area contributed by atoms with E-state index in [4.69, 9.17) is 5.73 Å². The first-order chi connectivity index (χ1) is 8.70. The van der Waals surface area contributed by atoms with Crippen LogP contribution in [0, 0.1) is 6.92 Å². The van der Waals surface area contributed by atoms with Crippen molar-refractivity contribution in [3.05, 3.63) is 11.1 Å². The number of nitrogen functional groups attached to an aromatic ring is 1. The van der Waals surface area contributed by atoms with Gasteiger partial charge >= 0.3 is 0 Å². The second kappa shape index (κ2) is 4.51. The molecule has 0 atom stereocenters. The highest BCUT2D eigenvalue weighted by atomic mass is 32.1. The molecule has 1 fully saturated rings.